The third-order valence-corrected chi connectivity index (χ3v) is 3.34. The highest BCUT2D eigenvalue weighted by molar-refractivity contribution is 5.99. The maximum atomic E-state index is 12.2. The van der Waals surface area contributed by atoms with Crippen molar-refractivity contribution < 1.29 is 22.7 Å². The molecule has 0 saturated carbocycles. The Hall–Kier alpha value is -3.70. The molecule has 2 amide bonds. The van der Waals surface area contributed by atoms with Crippen molar-refractivity contribution in [2.45, 2.75) is 19.8 Å². The third kappa shape index (κ3) is 5.65. The zero-order valence-corrected chi connectivity index (χ0v) is 14.4. The third-order valence-electron chi connectivity index (χ3n) is 3.34. The van der Waals surface area contributed by atoms with Crippen molar-refractivity contribution in [1.82, 2.24) is 25.2 Å². The van der Waals surface area contributed by atoms with E-state index in [1.165, 1.54) is 23.1 Å². The van der Waals surface area contributed by atoms with Crippen LogP contribution >= 0.6 is 0 Å². The summed E-state index contributed by atoms with van der Waals surface area (Å²) in [5.41, 5.74) is 1.78. The van der Waals surface area contributed by atoms with E-state index < -0.39 is 12.4 Å². The van der Waals surface area contributed by atoms with E-state index in [1.54, 1.807) is 13.0 Å². The second-order valence-electron chi connectivity index (χ2n) is 5.66. The Kier molecular flexibility index (Phi) is 5.38. The first-order chi connectivity index (χ1) is 13.3. The monoisotopic (exact) mass is 393 g/mol. The van der Waals surface area contributed by atoms with E-state index in [0.29, 0.717) is 18.1 Å². The molecule has 0 atom stereocenters. The van der Waals surface area contributed by atoms with Crippen LogP contribution in [0, 0.1) is 6.92 Å². The van der Waals surface area contributed by atoms with E-state index >= 15 is 0 Å². The van der Waals surface area contributed by atoms with Gasteiger partial charge in [-0.2, -0.15) is 0 Å². The molecule has 0 saturated heterocycles. The van der Waals surface area contributed by atoms with E-state index in [0.717, 1.165) is 17.7 Å². The molecule has 0 radical (unpaired) electrons. The summed E-state index contributed by atoms with van der Waals surface area (Å²) < 4.78 is 41.8. The zero-order chi connectivity index (χ0) is 20.1. The number of urea groups is 1. The maximum Gasteiger partial charge on any atom is 0.573 e. The van der Waals surface area contributed by atoms with Gasteiger partial charge >= 0.3 is 12.4 Å². The lowest BCUT2D eigenvalue weighted by molar-refractivity contribution is -0.274. The number of pyridine rings is 1. The summed E-state index contributed by atoms with van der Waals surface area (Å²) in [4.78, 5) is 16.3. The molecule has 12 heteroatoms. The van der Waals surface area contributed by atoms with E-state index in [1.807, 2.05) is 6.07 Å². The van der Waals surface area contributed by atoms with Gasteiger partial charge in [0.15, 0.2) is 0 Å². The first-order valence-corrected chi connectivity index (χ1v) is 7.89. The van der Waals surface area contributed by atoms with Crippen molar-refractivity contribution in [2.75, 3.05) is 10.6 Å². The number of hydrogen-bond donors (Lipinski definition) is 2. The molecule has 28 heavy (non-hydrogen) atoms. The second-order valence-corrected chi connectivity index (χ2v) is 5.66. The van der Waals surface area contributed by atoms with Crippen molar-refractivity contribution in [3.05, 3.63) is 54.0 Å². The van der Waals surface area contributed by atoms with Crippen LogP contribution in [0.15, 0.2) is 42.7 Å². The number of benzene rings is 1. The molecule has 0 fully saturated rings. The van der Waals surface area contributed by atoms with Gasteiger partial charge in [0.1, 0.15) is 17.9 Å². The summed E-state index contributed by atoms with van der Waals surface area (Å²) in [5, 5.41) is 15.9. The molecular weight excluding hydrogens is 379 g/mol. The van der Waals surface area contributed by atoms with Crippen LogP contribution in [0.4, 0.5) is 29.5 Å². The van der Waals surface area contributed by atoms with Gasteiger partial charge in [-0.1, -0.05) is 0 Å². The molecule has 146 valence electrons. The number of halogens is 3. The van der Waals surface area contributed by atoms with Crippen molar-refractivity contribution in [1.29, 1.82) is 0 Å². The molecule has 0 aliphatic carbocycles. The molecule has 0 bridgehead atoms. The fourth-order valence-corrected chi connectivity index (χ4v) is 2.35. The molecule has 0 aliphatic heterocycles. The highest BCUT2D eigenvalue weighted by Crippen LogP contribution is 2.24. The van der Waals surface area contributed by atoms with E-state index in [-0.39, 0.29) is 11.4 Å². The standard InChI is InChI=1S/C16H14F3N7O2/c1-10-6-11(8-26-9-20-24-25-26)7-14(21-10)23-15(27)22-12-2-4-13(5-3-12)28-16(17,18)19/h2-7,9H,8H2,1H3,(H2,21,22,23,27). The molecule has 2 N–H and O–H groups in total. The van der Waals surface area contributed by atoms with Gasteiger partial charge < -0.3 is 10.1 Å². The molecule has 2 heterocycles. The molecule has 9 nitrogen and oxygen atoms in total. The number of hydrogen-bond acceptors (Lipinski definition) is 6. The average molecular weight is 393 g/mol. The topological polar surface area (TPSA) is 107 Å². The minimum Gasteiger partial charge on any atom is -0.406 e. The fraction of sp³-hybridized carbons (Fsp3) is 0.188. The predicted octanol–water partition coefficient (Wildman–Crippen LogP) is 2.97. The Morgan fingerprint density at radius 2 is 1.93 bits per heavy atom. The first-order valence-electron chi connectivity index (χ1n) is 7.89. The van der Waals surface area contributed by atoms with Crippen molar-refractivity contribution in [3.8, 4) is 5.75 Å². The molecular formula is C16H14F3N7O2. The molecule has 0 spiro atoms. The van der Waals surface area contributed by atoms with Crippen LogP contribution < -0.4 is 15.4 Å². The zero-order valence-electron chi connectivity index (χ0n) is 14.4. The van der Waals surface area contributed by atoms with Crippen LogP contribution in [0.2, 0.25) is 0 Å². The average Bonchev–Trinajstić information content (AvgIpc) is 3.07. The molecule has 1 aromatic carbocycles. The normalized spacial score (nSPS) is 11.1. The maximum absolute atomic E-state index is 12.2. The summed E-state index contributed by atoms with van der Waals surface area (Å²) in [7, 11) is 0. The molecule has 3 rings (SSSR count). The Labute approximate surface area is 156 Å². The van der Waals surface area contributed by atoms with Gasteiger partial charge in [0, 0.05) is 11.4 Å². The largest absolute Gasteiger partial charge is 0.573 e. The minimum atomic E-state index is -4.77. The van der Waals surface area contributed by atoms with Crippen LogP contribution in [0.1, 0.15) is 11.3 Å². The van der Waals surface area contributed by atoms with Gasteiger partial charge in [-0.25, -0.2) is 14.5 Å². The number of aryl methyl sites for hydroxylation is 1. The van der Waals surface area contributed by atoms with E-state index in [4.69, 9.17) is 0 Å². The SMILES string of the molecule is Cc1cc(Cn2cnnn2)cc(NC(=O)Nc2ccc(OC(F)(F)F)cc2)n1. The first kappa shape index (κ1) is 19.1. The van der Waals surface area contributed by atoms with Gasteiger partial charge in [-0.3, -0.25) is 5.32 Å². The number of aromatic nitrogens is 5. The lowest BCUT2D eigenvalue weighted by Gasteiger charge is -2.11. The fourth-order valence-electron chi connectivity index (χ4n) is 2.35. The summed E-state index contributed by atoms with van der Waals surface area (Å²) in [6.45, 7) is 2.17. The second kappa shape index (κ2) is 7.90. The van der Waals surface area contributed by atoms with Crippen molar-refractivity contribution >= 4 is 17.5 Å². The molecule has 3 aromatic rings. The van der Waals surface area contributed by atoms with Crippen LogP contribution in [0.5, 0.6) is 5.75 Å². The molecule has 2 aromatic heterocycles. The number of amides is 2. The summed E-state index contributed by atoms with van der Waals surface area (Å²) >= 11 is 0. The highest BCUT2D eigenvalue weighted by atomic mass is 19.4. The number of tetrazole rings is 1. The van der Waals surface area contributed by atoms with Gasteiger partial charge in [0.05, 0.1) is 6.54 Å². The number of carbonyl (C=O) groups is 1. The number of anilines is 2. The van der Waals surface area contributed by atoms with Gasteiger partial charge in [-0.05, 0) is 59.3 Å². The van der Waals surface area contributed by atoms with Crippen molar-refractivity contribution in [3.63, 3.8) is 0 Å². The lowest BCUT2D eigenvalue weighted by atomic mass is 10.2. The van der Waals surface area contributed by atoms with Gasteiger partial charge in [-0.15, -0.1) is 18.3 Å². The van der Waals surface area contributed by atoms with Crippen LogP contribution in [-0.4, -0.2) is 37.6 Å². The van der Waals surface area contributed by atoms with Crippen LogP contribution in [0.3, 0.4) is 0 Å². The van der Waals surface area contributed by atoms with Crippen LogP contribution in [0.25, 0.3) is 0 Å². The quantitative estimate of drug-likeness (QED) is 0.690. The van der Waals surface area contributed by atoms with E-state index in [9.17, 15) is 18.0 Å². The number of rotatable bonds is 5. The predicted molar refractivity (Wildman–Crippen MR) is 91.7 cm³/mol. The lowest BCUT2D eigenvalue weighted by Crippen LogP contribution is -2.20. The molecule has 0 aliphatic rings. The smallest absolute Gasteiger partial charge is 0.406 e. The van der Waals surface area contributed by atoms with E-state index in [2.05, 4.69) is 35.9 Å². The van der Waals surface area contributed by atoms with Crippen LogP contribution in [-0.2, 0) is 6.54 Å². The van der Waals surface area contributed by atoms with Gasteiger partial charge in [0.25, 0.3) is 0 Å². The molecule has 0 unspecified atom stereocenters. The number of carbonyl (C=O) groups excluding carboxylic acids is 1. The Morgan fingerprint density at radius 1 is 1.18 bits per heavy atom. The number of nitrogens with zero attached hydrogens (tertiary/aromatic N) is 5. The highest BCUT2D eigenvalue weighted by Gasteiger charge is 2.30. The number of ether oxygens (including phenoxy) is 1. The summed E-state index contributed by atoms with van der Waals surface area (Å²) in [6.07, 6.45) is -3.31. The van der Waals surface area contributed by atoms with Crippen molar-refractivity contribution in [2.24, 2.45) is 0 Å². The Morgan fingerprint density at radius 3 is 2.57 bits per heavy atom. The number of nitrogens with one attached hydrogen (secondary N) is 2. The Bertz CT molecular complexity index is 944. The summed E-state index contributed by atoms with van der Waals surface area (Å²) in [6, 6.07) is 7.65. The minimum absolute atomic E-state index is 0.286. The van der Waals surface area contributed by atoms with Gasteiger partial charge in [0.2, 0.25) is 0 Å². The number of alkyl halides is 3. The Balaban J connectivity index is 1.62. The summed E-state index contributed by atoms with van der Waals surface area (Å²) in [5.74, 6) is -0.0800.